The third-order valence-electron chi connectivity index (χ3n) is 5.73. The standard InChI is InChI=1S/C23H22Cl2N4O/c24-16-8-9-21(20(25)12-16)29-22(15-6-7-15)19(14-26-29)23(30)27-17-4-3-5-18(13-17)28-10-1-2-11-28/h3-5,8-9,12-15H,1-2,6-7,10-11H2,(H,27,30). The van der Waals surface area contributed by atoms with Crippen LogP contribution in [0.15, 0.2) is 48.7 Å². The minimum absolute atomic E-state index is 0.146. The third kappa shape index (κ3) is 3.80. The number of anilines is 2. The van der Waals surface area contributed by atoms with Crippen LogP contribution < -0.4 is 10.2 Å². The molecule has 2 aliphatic rings. The Morgan fingerprint density at radius 3 is 2.60 bits per heavy atom. The van der Waals surface area contributed by atoms with Gasteiger partial charge in [-0.3, -0.25) is 4.79 Å². The normalized spacial score (nSPS) is 16.1. The molecule has 2 aromatic carbocycles. The molecule has 1 aliphatic carbocycles. The number of rotatable bonds is 5. The molecule has 2 heterocycles. The lowest BCUT2D eigenvalue weighted by Gasteiger charge is -2.18. The SMILES string of the molecule is O=C(Nc1cccc(N2CCCC2)c1)c1cnn(-c2ccc(Cl)cc2Cl)c1C1CC1. The molecule has 1 amide bonds. The Morgan fingerprint density at radius 2 is 1.87 bits per heavy atom. The van der Waals surface area contributed by atoms with Crippen molar-refractivity contribution in [2.45, 2.75) is 31.6 Å². The summed E-state index contributed by atoms with van der Waals surface area (Å²) >= 11 is 12.5. The Balaban J connectivity index is 1.44. The molecule has 0 atom stereocenters. The first-order valence-corrected chi connectivity index (χ1v) is 11.1. The molecule has 3 aromatic rings. The molecule has 5 nitrogen and oxygen atoms in total. The van der Waals surface area contributed by atoms with Crippen LogP contribution in [0, 0.1) is 0 Å². The molecule has 154 valence electrons. The van der Waals surface area contributed by atoms with Gasteiger partial charge < -0.3 is 10.2 Å². The lowest BCUT2D eigenvalue weighted by atomic mass is 10.1. The molecule has 1 aromatic heterocycles. The van der Waals surface area contributed by atoms with Gasteiger partial charge in [-0.25, -0.2) is 4.68 Å². The Labute approximate surface area is 185 Å². The van der Waals surface area contributed by atoms with E-state index in [-0.39, 0.29) is 5.91 Å². The van der Waals surface area contributed by atoms with Gasteiger partial charge in [0.15, 0.2) is 0 Å². The highest BCUT2D eigenvalue weighted by Crippen LogP contribution is 2.43. The van der Waals surface area contributed by atoms with Crippen LogP contribution in [0.1, 0.15) is 47.7 Å². The smallest absolute Gasteiger partial charge is 0.259 e. The summed E-state index contributed by atoms with van der Waals surface area (Å²) in [4.78, 5) is 15.5. The molecule has 0 unspecified atom stereocenters. The van der Waals surface area contributed by atoms with Gasteiger partial charge in [-0.2, -0.15) is 5.10 Å². The van der Waals surface area contributed by atoms with E-state index in [0.29, 0.717) is 21.5 Å². The maximum atomic E-state index is 13.2. The van der Waals surface area contributed by atoms with Crippen molar-refractivity contribution in [3.8, 4) is 5.69 Å². The fourth-order valence-electron chi connectivity index (χ4n) is 4.08. The highest BCUT2D eigenvalue weighted by atomic mass is 35.5. The number of aromatic nitrogens is 2. The van der Waals surface area contributed by atoms with Crippen LogP contribution in [0.3, 0.4) is 0 Å². The summed E-state index contributed by atoms with van der Waals surface area (Å²) < 4.78 is 1.78. The second-order valence-corrected chi connectivity index (χ2v) is 8.77. The van der Waals surface area contributed by atoms with Crippen LogP contribution in [0.4, 0.5) is 11.4 Å². The predicted octanol–water partition coefficient (Wildman–Crippen LogP) is 5.91. The minimum atomic E-state index is -0.146. The van der Waals surface area contributed by atoms with Gasteiger partial charge in [-0.15, -0.1) is 0 Å². The molecule has 2 fully saturated rings. The van der Waals surface area contributed by atoms with Gasteiger partial charge in [0.1, 0.15) is 0 Å². The van der Waals surface area contributed by atoms with Crippen LogP contribution in [0.25, 0.3) is 5.69 Å². The molecule has 0 spiro atoms. The van der Waals surface area contributed by atoms with E-state index in [1.807, 2.05) is 24.3 Å². The van der Waals surface area contributed by atoms with E-state index in [9.17, 15) is 4.79 Å². The summed E-state index contributed by atoms with van der Waals surface area (Å²) in [6.07, 6.45) is 6.16. The van der Waals surface area contributed by atoms with Crippen LogP contribution in [0.5, 0.6) is 0 Å². The quantitative estimate of drug-likeness (QED) is 0.536. The number of hydrogen-bond acceptors (Lipinski definition) is 3. The first-order valence-electron chi connectivity index (χ1n) is 10.3. The molecule has 1 N–H and O–H groups in total. The van der Waals surface area contributed by atoms with E-state index in [0.717, 1.165) is 48.7 Å². The zero-order valence-electron chi connectivity index (χ0n) is 16.4. The van der Waals surface area contributed by atoms with Crippen molar-refractivity contribution in [2.24, 2.45) is 0 Å². The Morgan fingerprint density at radius 1 is 1.07 bits per heavy atom. The predicted molar refractivity (Wildman–Crippen MR) is 121 cm³/mol. The van der Waals surface area contributed by atoms with E-state index in [1.54, 1.807) is 23.0 Å². The summed E-state index contributed by atoms with van der Waals surface area (Å²) in [5, 5.41) is 8.64. The summed E-state index contributed by atoms with van der Waals surface area (Å²) in [5.74, 6) is 0.169. The van der Waals surface area contributed by atoms with Crippen molar-refractivity contribution in [3.63, 3.8) is 0 Å². The molecular formula is C23H22Cl2N4O. The van der Waals surface area contributed by atoms with Crippen LogP contribution in [-0.4, -0.2) is 28.8 Å². The van der Waals surface area contributed by atoms with Gasteiger partial charge in [-0.05, 0) is 62.1 Å². The summed E-state index contributed by atoms with van der Waals surface area (Å²) in [6.45, 7) is 2.13. The number of nitrogens with zero attached hydrogens (tertiary/aromatic N) is 3. The number of hydrogen-bond donors (Lipinski definition) is 1. The zero-order valence-corrected chi connectivity index (χ0v) is 18.0. The lowest BCUT2D eigenvalue weighted by molar-refractivity contribution is 0.102. The molecular weight excluding hydrogens is 419 g/mol. The maximum absolute atomic E-state index is 13.2. The van der Waals surface area contributed by atoms with Crippen molar-refractivity contribution in [3.05, 3.63) is 70.0 Å². The molecule has 0 radical (unpaired) electrons. The molecule has 30 heavy (non-hydrogen) atoms. The summed E-state index contributed by atoms with van der Waals surface area (Å²) in [6, 6.07) is 13.4. The molecule has 5 rings (SSSR count). The number of carbonyl (C=O) groups excluding carboxylic acids is 1. The number of nitrogens with one attached hydrogen (secondary N) is 1. The summed E-state index contributed by atoms with van der Waals surface area (Å²) in [7, 11) is 0. The van der Waals surface area contributed by atoms with Gasteiger partial charge >= 0.3 is 0 Å². The Kier molecular flexibility index (Phi) is 5.17. The first kappa shape index (κ1) is 19.5. The highest BCUT2D eigenvalue weighted by molar-refractivity contribution is 6.35. The molecule has 7 heteroatoms. The van der Waals surface area contributed by atoms with Crippen LogP contribution in [0.2, 0.25) is 10.0 Å². The van der Waals surface area contributed by atoms with Crippen molar-refractivity contribution in [1.29, 1.82) is 0 Å². The highest BCUT2D eigenvalue weighted by Gasteiger charge is 2.33. The van der Waals surface area contributed by atoms with Crippen LogP contribution in [-0.2, 0) is 0 Å². The van der Waals surface area contributed by atoms with Gasteiger partial charge in [-0.1, -0.05) is 29.3 Å². The Bertz CT molecular complexity index is 1100. The van der Waals surface area contributed by atoms with E-state index in [4.69, 9.17) is 23.2 Å². The first-order chi connectivity index (χ1) is 14.6. The van der Waals surface area contributed by atoms with E-state index < -0.39 is 0 Å². The fourth-order valence-corrected chi connectivity index (χ4v) is 4.57. The third-order valence-corrected chi connectivity index (χ3v) is 6.27. The van der Waals surface area contributed by atoms with Crippen molar-refractivity contribution < 1.29 is 4.79 Å². The topological polar surface area (TPSA) is 50.2 Å². The zero-order chi connectivity index (χ0) is 20.7. The second kappa shape index (κ2) is 7.97. The van der Waals surface area contributed by atoms with Crippen LogP contribution >= 0.6 is 23.2 Å². The average molecular weight is 441 g/mol. The minimum Gasteiger partial charge on any atom is -0.371 e. The van der Waals surface area contributed by atoms with Gasteiger partial charge in [0, 0.05) is 35.4 Å². The number of halogens is 2. The van der Waals surface area contributed by atoms with Gasteiger partial charge in [0.2, 0.25) is 0 Å². The molecule has 1 saturated heterocycles. The van der Waals surface area contributed by atoms with Gasteiger partial charge in [0.25, 0.3) is 5.91 Å². The van der Waals surface area contributed by atoms with E-state index in [1.165, 1.54) is 12.8 Å². The fraction of sp³-hybridized carbons (Fsp3) is 0.304. The van der Waals surface area contributed by atoms with Crippen molar-refractivity contribution in [1.82, 2.24) is 9.78 Å². The molecule has 1 aliphatic heterocycles. The van der Waals surface area contributed by atoms with Crippen molar-refractivity contribution >= 4 is 40.5 Å². The van der Waals surface area contributed by atoms with Crippen molar-refractivity contribution in [2.75, 3.05) is 23.3 Å². The largest absolute Gasteiger partial charge is 0.371 e. The second-order valence-electron chi connectivity index (χ2n) is 7.92. The van der Waals surface area contributed by atoms with Gasteiger partial charge in [0.05, 0.1) is 28.2 Å². The number of carbonyl (C=O) groups is 1. The average Bonchev–Trinajstić information content (AvgIpc) is 3.24. The van der Waals surface area contributed by atoms with E-state index in [2.05, 4.69) is 21.4 Å². The monoisotopic (exact) mass is 440 g/mol. The van der Waals surface area contributed by atoms with E-state index >= 15 is 0 Å². The summed E-state index contributed by atoms with van der Waals surface area (Å²) in [5.41, 5.74) is 4.18. The maximum Gasteiger partial charge on any atom is 0.259 e. The molecule has 0 bridgehead atoms. The Hall–Kier alpha value is -2.50. The lowest BCUT2D eigenvalue weighted by Crippen LogP contribution is -2.18. The number of amides is 1. The number of benzene rings is 2. The molecule has 1 saturated carbocycles.